The third-order valence-corrected chi connectivity index (χ3v) is 9.08. The van der Waals surface area contributed by atoms with E-state index in [0.29, 0.717) is 36.5 Å². The first-order valence-electron chi connectivity index (χ1n) is 15.7. The minimum atomic E-state index is -1.46. The van der Waals surface area contributed by atoms with Crippen LogP contribution in [-0.4, -0.2) is 82.3 Å². The van der Waals surface area contributed by atoms with Crippen LogP contribution in [-0.2, 0) is 25.5 Å². The van der Waals surface area contributed by atoms with Crippen LogP contribution in [0, 0.1) is 5.92 Å². The first-order chi connectivity index (χ1) is 21.3. The summed E-state index contributed by atoms with van der Waals surface area (Å²) in [5, 5.41) is 18.9. The summed E-state index contributed by atoms with van der Waals surface area (Å²) in [6, 6.07) is 2.78. The van der Waals surface area contributed by atoms with Gasteiger partial charge in [0.15, 0.2) is 0 Å². The molecular weight excluding hydrogens is 602 g/mol. The van der Waals surface area contributed by atoms with E-state index in [4.69, 9.17) is 16.3 Å². The van der Waals surface area contributed by atoms with Crippen molar-refractivity contribution in [1.29, 1.82) is 0 Å². The molecule has 2 fully saturated rings. The predicted molar refractivity (Wildman–Crippen MR) is 167 cm³/mol. The fourth-order valence-corrected chi connectivity index (χ4v) is 6.60. The molecule has 0 spiro atoms. The molecule has 1 aromatic carbocycles. The summed E-state index contributed by atoms with van der Waals surface area (Å²) in [6.45, 7) is 5.80. The lowest BCUT2D eigenvalue weighted by molar-refractivity contribution is -0.145. The molecule has 1 saturated carbocycles. The third kappa shape index (κ3) is 7.37. The summed E-state index contributed by atoms with van der Waals surface area (Å²) in [5.74, 6) is -2.62. The smallest absolute Gasteiger partial charge is 0.414 e. The number of carbonyl (C=O) groups is 5. The molecule has 45 heavy (non-hydrogen) atoms. The Morgan fingerprint density at radius 2 is 1.93 bits per heavy atom. The van der Waals surface area contributed by atoms with Crippen molar-refractivity contribution in [2.75, 3.05) is 18.0 Å². The van der Waals surface area contributed by atoms with E-state index in [-0.39, 0.29) is 25.3 Å². The summed E-state index contributed by atoms with van der Waals surface area (Å²) < 4.78 is 5.87. The summed E-state index contributed by atoms with van der Waals surface area (Å²) in [5.41, 5.74) is -0.391. The van der Waals surface area contributed by atoms with Gasteiger partial charge < -0.3 is 30.7 Å². The molecule has 1 aliphatic carbocycles. The van der Waals surface area contributed by atoms with E-state index in [1.165, 1.54) is 9.80 Å². The molecule has 1 saturated heterocycles. The number of urea groups is 1. The number of hydrogen-bond acceptors (Lipinski definition) is 6. The highest BCUT2D eigenvalue weighted by Crippen LogP contribution is 2.45. The number of nitrogens with zero attached hydrogens (tertiary/aromatic N) is 2. The Labute approximate surface area is 267 Å². The minimum Gasteiger partial charge on any atom is -0.479 e. The van der Waals surface area contributed by atoms with Crippen LogP contribution in [0.4, 0.5) is 15.3 Å². The van der Waals surface area contributed by atoms with E-state index in [0.717, 1.165) is 24.8 Å². The van der Waals surface area contributed by atoms with Crippen LogP contribution in [0.15, 0.2) is 30.4 Å². The molecule has 0 unspecified atom stereocenters. The number of ether oxygens (including phenoxy) is 1. The fourth-order valence-electron chi connectivity index (χ4n) is 6.43. The second-order valence-electron chi connectivity index (χ2n) is 13.5. The summed E-state index contributed by atoms with van der Waals surface area (Å²) in [6.07, 6.45) is 6.58. The van der Waals surface area contributed by atoms with Crippen molar-refractivity contribution < 1.29 is 33.8 Å². The SMILES string of the molecule is CC(C)(C)NC(=O)N[C@H]1CCCCC/C=C\[C@H]2C[C@@]2(C(=O)O)NC(=O)[C@@H]2C[C@@H](OC(=O)N3CCc4ccc(Cl)cc43)CN2C1=O. The van der Waals surface area contributed by atoms with Crippen LogP contribution >= 0.6 is 11.6 Å². The average Bonchev–Trinajstić information content (AvgIpc) is 3.27. The topological polar surface area (TPSA) is 157 Å². The Kier molecular flexibility index (Phi) is 9.34. The number of benzene rings is 1. The van der Waals surface area contributed by atoms with Crippen molar-refractivity contribution in [2.45, 2.75) is 101 Å². The first-order valence-corrected chi connectivity index (χ1v) is 16.0. The lowest BCUT2D eigenvalue weighted by Crippen LogP contribution is -2.58. The van der Waals surface area contributed by atoms with Crippen molar-refractivity contribution in [3.8, 4) is 0 Å². The largest absolute Gasteiger partial charge is 0.479 e. The Morgan fingerprint density at radius 3 is 2.67 bits per heavy atom. The second-order valence-corrected chi connectivity index (χ2v) is 13.9. The van der Waals surface area contributed by atoms with Gasteiger partial charge in [0.25, 0.3) is 0 Å². The fraction of sp³-hybridized carbons (Fsp3) is 0.594. The van der Waals surface area contributed by atoms with E-state index in [9.17, 15) is 29.1 Å². The molecule has 4 aliphatic rings. The molecule has 0 aromatic heterocycles. The van der Waals surface area contributed by atoms with Crippen molar-refractivity contribution >= 4 is 47.2 Å². The van der Waals surface area contributed by atoms with Gasteiger partial charge in [-0.3, -0.25) is 14.5 Å². The molecule has 13 heteroatoms. The van der Waals surface area contributed by atoms with Crippen LogP contribution < -0.4 is 20.9 Å². The molecule has 0 radical (unpaired) electrons. The molecule has 4 N–H and O–H groups in total. The molecule has 1 aromatic rings. The van der Waals surface area contributed by atoms with E-state index in [1.807, 2.05) is 39.0 Å². The average molecular weight is 644 g/mol. The molecular formula is C32H42ClN5O7. The lowest BCUT2D eigenvalue weighted by atomic mass is 10.0. The number of carboxylic acids is 1. The number of amides is 5. The predicted octanol–water partition coefficient (Wildman–Crippen LogP) is 3.75. The van der Waals surface area contributed by atoms with E-state index < -0.39 is 59.2 Å². The molecule has 5 rings (SSSR count). The van der Waals surface area contributed by atoms with Crippen molar-refractivity contribution in [3.63, 3.8) is 0 Å². The highest BCUT2D eigenvalue weighted by Gasteiger charge is 2.61. The molecule has 3 heterocycles. The summed E-state index contributed by atoms with van der Waals surface area (Å²) >= 11 is 6.17. The van der Waals surface area contributed by atoms with Crippen molar-refractivity contribution in [3.05, 3.63) is 40.9 Å². The zero-order valence-electron chi connectivity index (χ0n) is 25.9. The number of nitrogens with one attached hydrogen (secondary N) is 3. The first kappa shape index (κ1) is 32.6. The minimum absolute atomic E-state index is 0.0172. The van der Waals surface area contributed by atoms with Crippen LogP contribution in [0.25, 0.3) is 0 Å². The summed E-state index contributed by atoms with van der Waals surface area (Å²) in [4.78, 5) is 69.2. The van der Waals surface area contributed by atoms with Crippen LogP contribution in [0.2, 0.25) is 5.02 Å². The molecule has 5 atom stereocenters. The Morgan fingerprint density at radius 1 is 1.16 bits per heavy atom. The molecule has 5 amide bonds. The molecule has 0 bridgehead atoms. The maximum absolute atomic E-state index is 14.1. The Balaban J connectivity index is 1.39. The van der Waals surface area contributed by atoms with Gasteiger partial charge in [0, 0.05) is 29.4 Å². The third-order valence-electron chi connectivity index (χ3n) is 8.85. The molecule has 12 nitrogen and oxygen atoms in total. The highest BCUT2D eigenvalue weighted by atomic mass is 35.5. The van der Waals surface area contributed by atoms with Crippen LogP contribution in [0.1, 0.15) is 71.3 Å². The number of rotatable bonds is 3. The van der Waals surface area contributed by atoms with Gasteiger partial charge in [-0.2, -0.15) is 0 Å². The quantitative estimate of drug-likeness (QED) is 0.365. The number of aliphatic carboxylic acids is 1. The van der Waals surface area contributed by atoms with E-state index in [2.05, 4.69) is 16.0 Å². The van der Waals surface area contributed by atoms with Crippen molar-refractivity contribution in [1.82, 2.24) is 20.9 Å². The van der Waals surface area contributed by atoms with Gasteiger partial charge in [-0.15, -0.1) is 0 Å². The highest BCUT2D eigenvalue weighted by molar-refractivity contribution is 6.31. The number of carboxylic acid groups (broad SMARTS) is 1. The van der Waals surface area contributed by atoms with Gasteiger partial charge >= 0.3 is 18.1 Å². The summed E-state index contributed by atoms with van der Waals surface area (Å²) in [7, 11) is 0. The zero-order valence-corrected chi connectivity index (χ0v) is 26.7. The number of allylic oxidation sites excluding steroid dienone is 1. The van der Waals surface area contributed by atoms with Gasteiger partial charge in [-0.05, 0) is 70.6 Å². The lowest BCUT2D eigenvalue weighted by Gasteiger charge is -2.30. The van der Waals surface area contributed by atoms with Gasteiger partial charge in [0.05, 0.1) is 12.2 Å². The zero-order chi connectivity index (χ0) is 32.5. The van der Waals surface area contributed by atoms with E-state index in [1.54, 1.807) is 12.1 Å². The Hall–Kier alpha value is -3.80. The molecule has 3 aliphatic heterocycles. The monoisotopic (exact) mass is 643 g/mol. The number of fused-ring (bicyclic) bond motifs is 3. The van der Waals surface area contributed by atoms with Gasteiger partial charge in [0.2, 0.25) is 11.8 Å². The number of hydrogen-bond donors (Lipinski definition) is 4. The maximum Gasteiger partial charge on any atom is 0.414 e. The van der Waals surface area contributed by atoms with Gasteiger partial charge in [-0.1, -0.05) is 42.7 Å². The second kappa shape index (κ2) is 12.9. The normalized spacial score (nSPS) is 29.2. The van der Waals surface area contributed by atoms with E-state index >= 15 is 0 Å². The van der Waals surface area contributed by atoms with Crippen LogP contribution in [0.5, 0.6) is 0 Å². The van der Waals surface area contributed by atoms with Gasteiger partial charge in [0.1, 0.15) is 23.7 Å². The maximum atomic E-state index is 14.1. The molecule has 244 valence electrons. The van der Waals surface area contributed by atoms with Gasteiger partial charge in [-0.25, -0.2) is 14.4 Å². The van der Waals surface area contributed by atoms with Crippen molar-refractivity contribution in [2.24, 2.45) is 5.92 Å². The number of carbonyl (C=O) groups excluding carboxylic acids is 4. The standard InChI is InChI=1S/C32H42ClN5O7/c1-31(2,3)36-29(43)34-23-10-8-6-4-5-7-9-20-17-32(20,28(41)42)35-26(39)25-16-22(18-38(25)27(23)40)45-30(44)37-14-13-19-11-12-21(33)15-24(19)37/h7,9,11-12,15,20,22-23,25H,4-6,8,10,13-14,16-18H2,1-3H3,(H,35,39)(H,41,42)(H2,34,36,43)/b9-7-/t20-,22+,23-,25-,32+/m0/s1. The number of halogens is 1. The van der Waals surface area contributed by atoms with Crippen LogP contribution in [0.3, 0.4) is 0 Å². The number of anilines is 1. The Bertz CT molecular complexity index is 1390.